The molecular formula is C11H18FN5O. The molecule has 0 atom stereocenters. The lowest BCUT2D eigenvalue weighted by Gasteiger charge is -2.24. The SMILES string of the molecule is CC(C)CN(CCC(N)=NO)c1ncc(F)cn1. The molecule has 0 saturated carbocycles. The van der Waals surface area contributed by atoms with Gasteiger partial charge < -0.3 is 15.8 Å². The first-order chi connectivity index (χ1) is 8.52. The summed E-state index contributed by atoms with van der Waals surface area (Å²) in [5.41, 5.74) is 5.43. The summed E-state index contributed by atoms with van der Waals surface area (Å²) in [6.07, 6.45) is 2.64. The number of nitrogens with two attached hydrogens (primary N) is 1. The molecule has 6 nitrogen and oxygen atoms in total. The molecule has 0 fully saturated rings. The Labute approximate surface area is 105 Å². The van der Waals surface area contributed by atoms with Gasteiger partial charge in [-0.3, -0.25) is 0 Å². The van der Waals surface area contributed by atoms with Gasteiger partial charge in [0.2, 0.25) is 5.95 Å². The highest BCUT2D eigenvalue weighted by Gasteiger charge is 2.12. The lowest BCUT2D eigenvalue weighted by molar-refractivity contribution is 0.317. The predicted molar refractivity (Wildman–Crippen MR) is 67.1 cm³/mol. The van der Waals surface area contributed by atoms with Crippen molar-refractivity contribution in [3.8, 4) is 0 Å². The Bertz CT molecular complexity index is 393. The number of aromatic nitrogens is 2. The van der Waals surface area contributed by atoms with E-state index in [2.05, 4.69) is 29.0 Å². The van der Waals surface area contributed by atoms with Gasteiger partial charge in [0.15, 0.2) is 5.82 Å². The summed E-state index contributed by atoms with van der Waals surface area (Å²) in [6.45, 7) is 5.34. The monoisotopic (exact) mass is 255 g/mol. The lowest BCUT2D eigenvalue weighted by Crippen LogP contribution is -2.32. The summed E-state index contributed by atoms with van der Waals surface area (Å²) >= 11 is 0. The second-order valence-corrected chi connectivity index (χ2v) is 4.38. The van der Waals surface area contributed by atoms with Gasteiger partial charge in [0.1, 0.15) is 5.84 Å². The van der Waals surface area contributed by atoms with Crippen LogP contribution >= 0.6 is 0 Å². The Morgan fingerprint density at radius 1 is 1.50 bits per heavy atom. The zero-order valence-electron chi connectivity index (χ0n) is 10.5. The second kappa shape index (κ2) is 6.73. The molecule has 100 valence electrons. The van der Waals surface area contributed by atoms with E-state index in [0.717, 1.165) is 12.4 Å². The Hall–Kier alpha value is -1.92. The van der Waals surface area contributed by atoms with Crippen LogP contribution in [0.1, 0.15) is 20.3 Å². The quantitative estimate of drug-likeness (QED) is 0.345. The average molecular weight is 255 g/mol. The maximum atomic E-state index is 12.8. The average Bonchev–Trinajstić information content (AvgIpc) is 2.34. The first-order valence-corrected chi connectivity index (χ1v) is 5.71. The molecule has 0 radical (unpaired) electrons. The lowest BCUT2D eigenvalue weighted by atomic mass is 10.2. The summed E-state index contributed by atoms with van der Waals surface area (Å²) in [6, 6.07) is 0. The van der Waals surface area contributed by atoms with E-state index < -0.39 is 5.82 Å². The van der Waals surface area contributed by atoms with Gasteiger partial charge in [-0.15, -0.1) is 0 Å². The van der Waals surface area contributed by atoms with Gasteiger partial charge in [0.05, 0.1) is 12.4 Å². The molecule has 0 aliphatic carbocycles. The topological polar surface area (TPSA) is 87.6 Å². The van der Waals surface area contributed by atoms with Gasteiger partial charge in [0.25, 0.3) is 0 Å². The van der Waals surface area contributed by atoms with Crippen LogP contribution in [0.25, 0.3) is 0 Å². The van der Waals surface area contributed by atoms with E-state index in [0.29, 0.717) is 31.4 Å². The van der Waals surface area contributed by atoms with Crippen LogP contribution in [0.15, 0.2) is 17.5 Å². The van der Waals surface area contributed by atoms with E-state index in [4.69, 9.17) is 10.9 Å². The smallest absolute Gasteiger partial charge is 0.225 e. The third-order valence-corrected chi connectivity index (χ3v) is 2.24. The van der Waals surface area contributed by atoms with E-state index in [1.54, 1.807) is 0 Å². The van der Waals surface area contributed by atoms with Crippen LogP contribution in [-0.2, 0) is 0 Å². The Kier molecular flexibility index (Phi) is 5.29. The van der Waals surface area contributed by atoms with Crippen molar-refractivity contribution in [2.24, 2.45) is 16.8 Å². The molecule has 0 spiro atoms. The van der Waals surface area contributed by atoms with Gasteiger partial charge in [-0.25, -0.2) is 14.4 Å². The van der Waals surface area contributed by atoms with Crippen molar-refractivity contribution in [3.05, 3.63) is 18.2 Å². The van der Waals surface area contributed by atoms with Crippen molar-refractivity contribution in [1.29, 1.82) is 0 Å². The van der Waals surface area contributed by atoms with Crippen molar-refractivity contribution in [3.63, 3.8) is 0 Å². The number of nitrogens with zero attached hydrogens (tertiary/aromatic N) is 4. The highest BCUT2D eigenvalue weighted by atomic mass is 19.1. The molecule has 1 aromatic heterocycles. The first kappa shape index (κ1) is 14.1. The molecule has 0 unspecified atom stereocenters. The maximum absolute atomic E-state index is 12.8. The summed E-state index contributed by atoms with van der Waals surface area (Å²) in [4.78, 5) is 9.74. The van der Waals surface area contributed by atoms with Crippen LogP contribution in [0.5, 0.6) is 0 Å². The minimum absolute atomic E-state index is 0.144. The normalized spacial score (nSPS) is 11.9. The van der Waals surface area contributed by atoms with Crippen LogP contribution in [0, 0.1) is 11.7 Å². The number of hydrogen-bond donors (Lipinski definition) is 2. The van der Waals surface area contributed by atoms with Gasteiger partial charge in [0, 0.05) is 19.5 Å². The van der Waals surface area contributed by atoms with E-state index in [9.17, 15) is 4.39 Å². The fourth-order valence-electron chi connectivity index (χ4n) is 1.48. The number of rotatable bonds is 6. The van der Waals surface area contributed by atoms with Crippen LogP contribution < -0.4 is 10.6 Å². The van der Waals surface area contributed by atoms with E-state index in [1.807, 2.05) is 4.90 Å². The molecule has 1 heterocycles. The zero-order chi connectivity index (χ0) is 13.5. The summed E-state index contributed by atoms with van der Waals surface area (Å²) in [5.74, 6) is 0.507. The molecule has 1 aromatic rings. The van der Waals surface area contributed by atoms with Crippen molar-refractivity contribution in [2.45, 2.75) is 20.3 Å². The molecule has 1 rings (SSSR count). The Morgan fingerprint density at radius 2 is 2.11 bits per heavy atom. The standard InChI is InChI=1S/C11H18FN5O/c1-8(2)7-17(4-3-10(13)16-18)11-14-5-9(12)6-15-11/h5-6,8,18H,3-4,7H2,1-2H3,(H2,13,16). The van der Waals surface area contributed by atoms with Crippen molar-refractivity contribution in [2.75, 3.05) is 18.0 Å². The number of hydrogen-bond acceptors (Lipinski definition) is 5. The van der Waals surface area contributed by atoms with Gasteiger partial charge >= 0.3 is 0 Å². The molecule has 0 aliphatic rings. The molecular weight excluding hydrogens is 237 g/mol. The third kappa shape index (κ3) is 4.52. The first-order valence-electron chi connectivity index (χ1n) is 5.71. The molecule has 0 aromatic carbocycles. The Morgan fingerprint density at radius 3 is 2.61 bits per heavy atom. The van der Waals surface area contributed by atoms with Gasteiger partial charge in [-0.2, -0.15) is 0 Å². The predicted octanol–water partition coefficient (Wildman–Crippen LogP) is 1.21. The van der Waals surface area contributed by atoms with E-state index in [-0.39, 0.29) is 5.84 Å². The van der Waals surface area contributed by atoms with E-state index >= 15 is 0 Å². The molecule has 18 heavy (non-hydrogen) atoms. The molecule has 0 bridgehead atoms. The summed E-state index contributed by atoms with van der Waals surface area (Å²) in [5, 5.41) is 11.4. The third-order valence-electron chi connectivity index (χ3n) is 2.24. The summed E-state index contributed by atoms with van der Waals surface area (Å²) in [7, 11) is 0. The van der Waals surface area contributed by atoms with Crippen LogP contribution in [-0.4, -0.2) is 34.1 Å². The molecule has 3 N–H and O–H groups in total. The van der Waals surface area contributed by atoms with Crippen LogP contribution in [0.4, 0.5) is 10.3 Å². The summed E-state index contributed by atoms with van der Waals surface area (Å²) < 4.78 is 12.8. The van der Waals surface area contributed by atoms with Crippen LogP contribution in [0.3, 0.4) is 0 Å². The number of oxime groups is 1. The number of amidine groups is 1. The highest BCUT2D eigenvalue weighted by Crippen LogP contribution is 2.10. The largest absolute Gasteiger partial charge is 0.409 e. The number of halogens is 1. The van der Waals surface area contributed by atoms with Crippen molar-refractivity contribution >= 4 is 11.8 Å². The van der Waals surface area contributed by atoms with Crippen molar-refractivity contribution in [1.82, 2.24) is 9.97 Å². The molecule has 0 amide bonds. The Balaban J connectivity index is 2.74. The van der Waals surface area contributed by atoms with Crippen LogP contribution in [0.2, 0.25) is 0 Å². The highest BCUT2D eigenvalue weighted by molar-refractivity contribution is 5.80. The molecule has 7 heteroatoms. The fraction of sp³-hybridized carbons (Fsp3) is 0.545. The second-order valence-electron chi connectivity index (χ2n) is 4.38. The van der Waals surface area contributed by atoms with Gasteiger partial charge in [-0.1, -0.05) is 19.0 Å². The fourth-order valence-corrected chi connectivity index (χ4v) is 1.48. The maximum Gasteiger partial charge on any atom is 0.225 e. The van der Waals surface area contributed by atoms with Gasteiger partial charge in [-0.05, 0) is 5.92 Å². The minimum atomic E-state index is -0.473. The van der Waals surface area contributed by atoms with E-state index in [1.165, 1.54) is 0 Å². The molecule has 0 saturated heterocycles. The molecule has 0 aliphatic heterocycles. The minimum Gasteiger partial charge on any atom is -0.409 e. The number of anilines is 1. The zero-order valence-corrected chi connectivity index (χ0v) is 10.5. The van der Waals surface area contributed by atoms with Crippen molar-refractivity contribution < 1.29 is 9.60 Å².